The van der Waals surface area contributed by atoms with Gasteiger partial charge in [-0.05, 0) is 38.6 Å². The van der Waals surface area contributed by atoms with Crippen LogP contribution in [0.3, 0.4) is 0 Å². The maximum absolute atomic E-state index is 12.1. The van der Waals surface area contributed by atoms with E-state index in [1.807, 2.05) is 7.05 Å². The van der Waals surface area contributed by atoms with Crippen LogP contribution in [0.15, 0.2) is 10.3 Å². The van der Waals surface area contributed by atoms with Gasteiger partial charge in [-0.15, -0.1) is 11.3 Å². The molecule has 0 saturated carbocycles. The van der Waals surface area contributed by atoms with Gasteiger partial charge in [-0.3, -0.25) is 0 Å². The summed E-state index contributed by atoms with van der Waals surface area (Å²) >= 11 is 7.00. The lowest BCUT2D eigenvalue weighted by molar-refractivity contribution is 0.459. The second-order valence-electron chi connectivity index (χ2n) is 3.81. The fourth-order valence-corrected chi connectivity index (χ4v) is 4.44. The van der Waals surface area contributed by atoms with Gasteiger partial charge in [-0.25, -0.2) is 12.7 Å². The van der Waals surface area contributed by atoms with Crippen molar-refractivity contribution in [1.82, 2.24) is 9.62 Å². The first-order chi connectivity index (χ1) is 7.89. The number of hydrogen-bond donors (Lipinski definition) is 1. The monoisotopic (exact) mass is 296 g/mol. The molecule has 0 aliphatic heterocycles. The Kier molecular flexibility index (Phi) is 5.40. The Morgan fingerprint density at radius 3 is 2.65 bits per heavy atom. The molecular weight excluding hydrogens is 280 g/mol. The summed E-state index contributed by atoms with van der Waals surface area (Å²) in [6, 6.07) is 1.62. The number of aryl methyl sites for hydroxylation is 1. The van der Waals surface area contributed by atoms with Crippen molar-refractivity contribution in [2.45, 2.75) is 17.6 Å². The van der Waals surface area contributed by atoms with Crippen molar-refractivity contribution < 1.29 is 8.42 Å². The molecule has 0 saturated heterocycles. The van der Waals surface area contributed by atoms with Gasteiger partial charge in [0.1, 0.15) is 4.21 Å². The van der Waals surface area contributed by atoms with Crippen LogP contribution in [0.25, 0.3) is 0 Å². The van der Waals surface area contributed by atoms with E-state index in [-0.39, 0.29) is 0 Å². The van der Waals surface area contributed by atoms with Crippen LogP contribution in [-0.2, 0) is 10.0 Å². The third-order valence-electron chi connectivity index (χ3n) is 2.40. The lowest BCUT2D eigenvalue weighted by Crippen LogP contribution is -2.29. The van der Waals surface area contributed by atoms with Crippen LogP contribution in [0.2, 0.25) is 4.34 Å². The first-order valence-corrected chi connectivity index (χ1v) is 7.90. The molecule has 0 aromatic carbocycles. The lowest BCUT2D eigenvalue weighted by atomic mass is 10.4. The Balaban J connectivity index is 2.80. The summed E-state index contributed by atoms with van der Waals surface area (Å²) in [5.74, 6) is 0. The van der Waals surface area contributed by atoms with Crippen molar-refractivity contribution in [3.63, 3.8) is 0 Å². The first kappa shape index (κ1) is 14.9. The average molecular weight is 297 g/mol. The summed E-state index contributed by atoms with van der Waals surface area (Å²) in [4.78, 5) is 0. The van der Waals surface area contributed by atoms with E-state index in [1.54, 1.807) is 20.0 Å². The minimum absolute atomic E-state index is 0.312. The quantitative estimate of drug-likeness (QED) is 0.816. The van der Waals surface area contributed by atoms with Gasteiger partial charge < -0.3 is 5.32 Å². The number of sulfonamides is 1. The van der Waals surface area contributed by atoms with E-state index >= 15 is 0 Å². The topological polar surface area (TPSA) is 49.4 Å². The molecule has 1 aromatic rings. The third-order valence-corrected chi connectivity index (χ3v) is 6.26. The van der Waals surface area contributed by atoms with E-state index in [1.165, 1.54) is 4.31 Å². The number of rotatable bonds is 6. The number of nitrogens with zero attached hydrogens (tertiary/aromatic N) is 1. The minimum atomic E-state index is -3.38. The van der Waals surface area contributed by atoms with Crippen LogP contribution in [-0.4, -0.2) is 39.9 Å². The number of nitrogens with one attached hydrogen (secondary N) is 1. The zero-order chi connectivity index (χ0) is 13.1. The highest BCUT2D eigenvalue weighted by Crippen LogP contribution is 2.31. The van der Waals surface area contributed by atoms with Gasteiger partial charge >= 0.3 is 0 Å². The van der Waals surface area contributed by atoms with Crippen LogP contribution < -0.4 is 5.32 Å². The van der Waals surface area contributed by atoms with Gasteiger partial charge in [0.05, 0.1) is 4.34 Å². The zero-order valence-electron chi connectivity index (χ0n) is 10.2. The molecule has 98 valence electrons. The van der Waals surface area contributed by atoms with E-state index in [0.717, 1.165) is 29.9 Å². The first-order valence-electron chi connectivity index (χ1n) is 5.26. The zero-order valence-corrected chi connectivity index (χ0v) is 12.5. The lowest BCUT2D eigenvalue weighted by Gasteiger charge is -2.15. The fraction of sp³-hybridized carbons (Fsp3) is 0.600. The Morgan fingerprint density at radius 2 is 2.18 bits per heavy atom. The molecule has 0 aliphatic carbocycles. The van der Waals surface area contributed by atoms with Gasteiger partial charge in [0.25, 0.3) is 10.0 Å². The van der Waals surface area contributed by atoms with Gasteiger partial charge in [-0.1, -0.05) is 11.6 Å². The summed E-state index contributed by atoms with van der Waals surface area (Å²) < 4.78 is 26.5. The fourth-order valence-electron chi connectivity index (χ4n) is 1.31. The highest BCUT2D eigenvalue weighted by atomic mass is 35.5. The largest absolute Gasteiger partial charge is 0.320 e. The van der Waals surface area contributed by atoms with Crippen LogP contribution in [0.4, 0.5) is 0 Å². The van der Waals surface area contributed by atoms with Crippen molar-refractivity contribution in [2.24, 2.45) is 0 Å². The summed E-state index contributed by atoms with van der Waals surface area (Å²) in [5, 5.41) is 2.99. The predicted octanol–water partition coefficient (Wildman–Crippen LogP) is 1.94. The Labute approximate surface area is 112 Å². The molecule has 0 spiro atoms. The Bertz CT molecular complexity index is 451. The van der Waals surface area contributed by atoms with Gasteiger partial charge in [0, 0.05) is 13.6 Å². The maximum Gasteiger partial charge on any atom is 0.252 e. The van der Waals surface area contributed by atoms with E-state index in [2.05, 4.69) is 5.32 Å². The standard InChI is InChI=1S/C10H17ClN2O2S2/c1-8-7-9(16-10(8)11)17(14,15)13(3)6-4-5-12-2/h7,12H,4-6H2,1-3H3. The molecule has 1 rings (SSSR count). The summed E-state index contributed by atoms with van der Waals surface area (Å²) in [6.07, 6.45) is 0.782. The third kappa shape index (κ3) is 3.66. The van der Waals surface area contributed by atoms with Crippen molar-refractivity contribution in [3.05, 3.63) is 16.0 Å². The van der Waals surface area contributed by atoms with E-state index in [4.69, 9.17) is 11.6 Å². The molecule has 0 fully saturated rings. The van der Waals surface area contributed by atoms with Gasteiger partial charge in [0.15, 0.2) is 0 Å². The molecule has 7 heteroatoms. The van der Waals surface area contributed by atoms with E-state index < -0.39 is 10.0 Å². The van der Waals surface area contributed by atoms with E-state index in [0.29, 0.717) is 15.1 Å². The van der Waals surface area contributed by atoms with Crippen molar-refractivity contribution in [2.75, 3.05) is 27.2 Å². The number of halogens is 1. The van der Waals surface area contributed by atoms with Crippen LogP contribution >= 0.6 is 22.9 Å². The molecule has 0 atom stereocenters. The number of thiophene rings is 1. The average Bonchev–Trinajstić information content (AvgIpc) is 2.60. The molecule has 0 radical (unpaired) electrons. The highest BCUT2D eigenvalue weighted by Gasteiger charge is 2.23. The normalized spacial score (nSPS) is 12.3. The maximum atomic E-state index is 12.1. The van der Waals surface area contributed by atoms with Gasteiger partial charge in [0.2, 0.25) is 0 Å². The summed E-state index contributed by atoms with van der Waals surface area (Å²) in [7, 11) is 0.0539. The predicted molar refractivity (Wildman–Crippen MR) is 72.4 cm³/mol. The number of hydrogen-bond acceptors (Lipinski definition) is 4. The van der Waals surface area contributed by atoms with Crippen LogP contribution in [0.5, 0.6) is 0 Å². The van der Waals surface area contributed by atoms with Crippen molar-refractivity contribution in [1.29, 1.82) is 0 Å². The molecule has 1 N–H and O–H groups in total. The van der Waals surface area contributed by atoms with Crippen molar-refractivity contribution >= 4 is 33.0 Å². The minimum Gasteiger partial charge on any atom is -0.320 e. The molecule has 4 nitrogen and oxygen atoms in total. The molecule has 0 bridgehead atoms. The van der Waals surface area contributed by atoms with Crippen molar-refractivity contribution in [3.8, 4) is 0 Å². The smallest absolute Gasteiger partial charge is 0.252 e. The molecule has 0 aliphatic rings. The van der Waals surface area contributed by atoms with Gasteiger partial charge in [-0.2, -0.15) is 0 Å². The summed E-state index contributed by atoms with van der Waals surface area (Å²) in [6.45, 7) is 3.10. The second-order valence-corrected chi connectivity index (χ2v) is 7.73. The molecule has 1 aromatic heterocycles. The van der Waals surface area contributed by atoms with E-state index in [9.17, 15) is 8.42 Å². The highest BCUT2D eigenvalue weighted by molar-refractivity contribution is 7.91. The van der Waals surface area contributed by atoms with Crippen LogP contribution in [0.1, 0.15) is 12.0 Å². The van der Waals surface area contributed by atoms with Crippen LogP contribution in [0, 0.1) is 6.92 Å². The SMILES string of the molecule is CNCCCN(C)S(=O)(=O)c1cc(C)c(Cl)s1. The molecule has 1 heterocycles. The Hall–Kier alpha value is -0.140. The molecular formula is C10H17ClN2O2S2. The molecule has 17 heavy (non-hydrogen) atoms. The Morgan fingerprint density at radius 1 is 1.53 bits per heavy atom. The molecule has 0 unspecified atom stereocenters. The second kappa shape index (κ2) is 6.15. The summed E-state index contributed by atoms with van der Waals surface area (Å²) in [5.41, 5.74) is 0.805. The molecule has 0 amide bonds.